The fourth-order valence-electron chi connectivity index (χ4n) is 6.17. The Morgan fingerprint density at radius 1 is 1.04 bits per heavy atom. The molecule has 0 saturated heterocycles. The van der Waals surface area contributed by atoms with Crippen LogP contribution >= 0.6 is 11.6 Å². The van der Waals surface area contributed by atoms with Crippen molar-refractivity contribution in [2.45, 2.75) is 63.2 Å². The number of halogens is 1. The van der Waals surface area contributed by atoms with E-state index in [2.05, 4.69) is 10.0 Å². The number of sulfonamides is 1. The molecule has 4 atom stereocenters. The van der Waals surface area contributed by atoms with Gasteiger partial charge in [-0.1, -0.05) is 54.9 Å². The monoisotopic (exact) mass is 750 g/mol. The Balaban J connectivity index is 1.40. The lowest BCUT2D eigenvalue weighted by Crippen LogP contribution is -2.48. The molecular formula is C39H47ClN4O7S. The number of nitrogens with zero attached hydrogens (tertiary/aromatic N) is 2. The van der Waals surface area contributed by atoms with E-state index >= 15 is 0 Å². The average molecular weight is 751 g/mol. The highest BCUT2D eigenvalue weighted by Gasteiger charge is 2.31. The van der Waals surface area contributed by atoms with E-state index in [0.717, 1.165) is 23.6 Å². The predicted molar refractivity (Wildman–Crippen MR) is 205 cm³/mol. The van der Waals surface area contributed by atoms with Crippen molar-refractivity contribution < 1.29 is 32.6 Å². The molecule has 0 spiro atoms. The van der Waals surface area contributed by atoms with Gasteiger partial charge in [0.15, 0.2) is 0 Å². The molecule has 1 heterocycles. The third kappa shape index (κ3) is 9.74. The van der Waals surface area contributed by atoms with E-state index in [4.69, 9.17) is 21.1 Å². The SMILES string of the molecule is C[C@H]1CCCCO[C@H](CN(C)C(=O)Nc2cccc3ccccc23)[C@@H](C)CN([C@@H](C)CO)C(=O)c2cc(NS(=O)(=O)c3ccc(Cl)cc3)ccc2O1. The summed E-state index contributed by atoms with van der Waals surface area (Å²) >= 11 is 5.96. The Hall–Kier alpha value is -4.36. The van der Waals surface area contributed by atoms with Crippen LogP contribution in [-0.2, 0) is 14.8 Å². The number of carbonyl (C=O) groups excluding carboxylic acids is 2. The normalized spacial score (nSPS) is 19.5. The topological polar surface area (TPSA) is 138 Å². The first-order chi connectivity index (χ1) is 24.9. The lowest BCUT2D eigenvalue weighted by molar-refractivity contribution is -0.0115. The number of benzene rings is 4. The maximum absolute atomic E-state index is 14.5. The molecule has 3 amide bonds. The fraction of sp³-hybridized carbons (Fsp3) is 0.385. The number of anilines is 2. The smallest absolute Gasteiger partial charge is 0.321 e. The van der Waals surface area contributed by atoms with Gasteiger partial charge < -0.3 is 29.7 Å². The largest absolute Gasteiger partial charge is 0.490 e. The lowest BCUT2D eigenvalue weighted by Gasteiger charge is -2.35. The number of ether oxygens (including phenoxy) is 2. The van der Waals surface area contributed by atoms with Gasteiger partial charge in [-0.2, -0.15) is 0 Å². The van der Waals surface area contributed by atoms with Gasteiger partial charge in [0.05, 0.1) is 41.0 Å². The van der Waals surface area contributed by atoms with Crippen molar-refractivity contribution in [2.24, 2.45) is 5.92 Å². The van der Waals surface area contributed by atoms with Gasteiger partial charge in [0.25, 0.3) is 15.9 Å². The van der Waals surface area contributed by atoms with Crippen LogP contribution in [0.4, 0.5) is 16.2 Å². The number of urea groups is 1. The quantitative estimate of drug-likeness (QED) is 0.173. The standard InChI is InChI=1S/C39H47ClN4O7S/c1-26-23-44(27(2)25-45)38(46)34-22-31(42-52(48,49)32-18-15-30(40)16-19-32)17-20-36(34)51-28(3)10-7-8-21-50-37(26)24-43(4)39(47)41-35-14-9-12-29-11-5-6-13-33(29)35/h5-6,9,11-20,22,26-28,37,42,45H,7-8,10,21,23-25H2,1-4H3,(H,41,47)/t26-,27-,28-,37+/m0/s1. The molecular weight excluding hydrogens is 704 g/mol. The molecule has 0 radical (unpaired) electrons. The Labute approximate surface area is 310 Å². The Morgan fingerprint density at radius 2 is 1.77 bits per heavy atom. The van der Waals surface area contributed by atoms with Crippen molar-refractivity contribution in [3.05, 3.63) is 95.5 Å². The van der Waals surface area contributed by atoms with Crippen LogP contribution in [0.2, 0.25) is 5.02 Å². The van der Waals surface area contributed by atoms with E-state index in [1.807, 2.05) is 56.3 Å². The number of aliphatic hydroxyl groups is 1. The summed E-state index contributed by atoms with van der Waals surface area (Å²) in [6.07, 6.45) is 1.55. The molecule has 1 aliphatic heterocycles. The average Bonchev–Trinajstić information content (AvgIpc) is 3.12. The Morgan fingerprint density at radius 3 is 2.52 bits per heavy atom. The van der Waals surface area contributed by atoms with Gasteiger partial charge in [0.1, 0.15) is 5.75 Å². The molecule has 3 N–H and O–H groups in total. The van der Waals surface area contributed by atoms with Crippen molar-refractivity contribution in [1.29, 1.82) is 0 Å². The highest BCUT2D eigenvalue weighted by atomic mass is 35.5. The number of amides is 3. The summed E-state index contributed by atoms with van der Waals surface area (Å²) in [4.78, 5) is 31.1. The number of likely N-dealkylation sites (N-methyl/N-ethyl adjacent to an activating group) is 1. The van der Waals surface area contributed by atoms with Crippen molar-refractivity contribution in [2.75, 3.05) is 43.4 Å². The molecule has 4 aromatic carbocycles. The van der Waals surface area contributed by atoms with Crippen molar-refractivity contribution in [1.82, 2.24) is 9.80 Å². The molecule has 13 heteroatoms. The molecule has 1 aliphatic rings. The zero-order valence-corrected chi connectivity index (χ0v) is 31.5. The Bertz CT molecular complexity index is 1950. The van der Waals surface area contributed by atoms with E-state index in [1.54, 1.807) is 35.9 Å². The number of hydrogen-bond acceptors (Lipinski definition) is 7. The Kier molecular flexibility index (Phi) is 13.0. The molecule has 11 nitrogen and oxygen atoms in total. The second-order valence-electron chi connectivity index (χ2n) is 13.4. The number of rotatable bonds is 8. The summed E-state index contributed by atoms with van der Waals surface area (Å²) in [6, 6.07) is 23.1. The molecule has 5 rings (SSSR count). The van der Waals surface area contributed by atoms with E-state index in [-0.39, 0.29) is 53.9 Å². The van der Waals surface area contributed by atoms with Crippen LogP contribution in [0.5, 0.6) is 5.75 Å². The summed E-state index contributed by atoms with van der Waals surface area (Å²) in [6.45, 7) is 6.18. The summed E-state index contributed by atoms with van der Waals surface area (Å²) in [7, 11) is -2.29. The third-order valence-corrected chi connectivity index (χ3v) is 10.9. The van der Waals surface area contributed by atoms with E-state index in [0.29, 0.717) is 29.5 Å². The lowest BCUT2D eigenvalue weighted by atomic mass is 10.0. The van der Waals surface area contributed by atoms with Crippen molar-refractivity contribution in [3.8, 4) is 5.75 Å². The van der Waals surface area contributed by atoms with Crippen molar-refractivity contribution in [3.63, 3.8) is 0 Å². The zero-order chi connectivity index (χ0) is 37.4. The number of hydrogen-bond donors (Lipinski definition) is 3. The molecule has 0 aromatic heterocycles. The molecule has 0 saturated carbocycles. The fourth-order valence-corrected chi connectivity index (χ4v) is 7.35. The number of nitrogens with one attached hydrogen (secondary N) is 2. The third-order valence-electron chi connectivity index (χ3n) is 9.26. The van der Waals surface area contributed by atoms with Crippen LogP contribution < -0.4 is 14.8 Å². The number of aliphatic hydroxyl groups excluding tert-OH is 1. The highest BCUT2D eigenvalue weighted by molar-refractivity contribution is 7.92. The molecule has 0 fully saturated rings. The van der Waals surface area contributed by atoms with Crippen LogP contribution in [-0.4, -0.2) is 86.9 Å². The maximum Gasteiger partial charge on any atom is 0.321 e. The van der Waals surface area contributed by atoms with Gasteiger partial charge in [0, 0.05) is 48.8 Å². The molecule has 0 bridgehead atoms. The summed E-state index contributed by atoms with van der Waals surface area (Å²) in [5.41, 5.74) is 1.02. The van der Waals surface area contributed by atoms with Crippen LogP contribution in [0.25, 0.3) is 10.8 Å². The van der Waals surface area contributed by atoms with Gasteiger partial charge in [-0.15, -0.1) is 0 Å². The highest BCUT2D eigenvalue weighted by Crippen LogP contribution is 2.30. The van der Waals surface area contributed by atoms with Gasteiger partial charge in [-0.05, 0) is 87.0 Å². The predicted octanol–water partition coefficient (Wildman–Crippen LogP) is 7.25. The maximum atomic E-state index is 14.5. The van der Waals surface area contributed by atoms with Gasteiger partial charge in [-0.3, -0.25) is 9.52 Å². The first kappa shape index (κ1) is 38.9. The zero-order valence-electron chi connectivity index (χ0n) is 29.9. The molecule has 52 heavy (non-hydrogen) atoms. The summed E-state index contributed by atoms with van der Waals surface area (Å²) in [5.74, 6) is -0.408. The van der Waals surface area contributed by atoms with Gasteiger partial charge in [-0.25, -0.2) is 13.2 Å². The van der Waals surface area contributed by atoms with E-state index in [9.17, 15) is 23.1 Å². The van der Waals surface area contributed by atoms with E-state index in [1.165, 1.54) is 30.3 Å². The molecule has 0 unspecified atom stereocenters. The second kappa shape index (κ2) is 17.4. The second-order valence-corrected chi connectivity index (χ2v) is 15.5. The van der Waals surface area contributed by atoms with Gasteiger partial charge >= 0.3 is 6.03 Å². The molecule has 0 aliphatic carbocycles. The van der Waals surface area contributed by atoms with Crippen LogP contribution in [0.15, 0.2) is 89.8 Å². The number of carbonyl (C=O) groups is 2. The minimum atomic E-state index is -4.00. The van der Waals surface area contributed by atoms with Gasteiger partial charge in [0.2, 0.25) is 0 Å². The molecule has 4 aromatic rings. The van der Waals surface area contributed by atoms with Crippen LogP contribution in [0.1, 0.15) is 50.4 Å². The first-order valence-corrected chi connectivity index (χ1v) is 19.3. The minimum absolute atomic E-state index is 0.0133. The van der Waals surface area contributed by atoms with E-state index < -0.39 is 28.1 Å². The molecule has 278 valence electrons. The van der Waals surface area contributed by atoms with Crippen LogP contribution in [0.3, 0.4) is 0 Å². The minimum Gasteiger partial charge on any atom is -0.490 e. The summed E-state index contributed by atoms with van der Waals surface area (Å²) < 4.78 is 41.7. The summed E-state index contributed by atoms with van der Waals surface area (Å²) in [5, 5.41) is 15.7. The van der Waals surface area contributed by atoms with Crippen molar-refractivity contribution >= 4 is 55.7 Å². The van der Waals surface area contributed by atoms with Crippen LogP contribution in [0, 0.1) is 5.92 Å². The number of fused-ring (bicyclic) bond motifs is 2. The first-order valence-electron chi connectivity index (χ1n) is 17.5.